The number of unbranched alkanes of at least 4 members (excludes halogenated alkanes) is 8. The van der Waals surface area contributed by atoms with Crippen molar-refractivity contribution < 1.29 is 61.8 Å². The van der Waals surface area contributed by atoms with Crippen LogP contribution in [0.5, 0.6) is 0 Å². The van der Waals surface area contributed by atoms with Crippen LogP contribution in [0.4, 0.5) is 0 Å². The second-order valence-corrected chi connectivity index (χ2v) is 21.8. The Kier molecular flexibility index (Phi) is 42.2. The molecule has 73 heavy (non-hydrogen) atoms. The lowest BCUT2D eigenvalue weighted by atomic mass is 9.83. The number of carbonyl (C=O) groups is 7. The molecule has 18 heteroatoms. The molecule has 2 unspecified atom stereocenters. The standard InChI is InChI=1S/C55H101N4O13P/c1-5-38-69-41-20-26-47(60)23-12-9-17-35-56-53(64)44-59(45-54(65)57-36-18-10-13-24-48(61)27-21-42-70-39-6-2)51(55(66)58-37-19-11-14-25-49(62)28-22-43-71-40-7-3)29-15-8-16-30-52(63)46-31-33-50(34-32-46)72-73(4,67)68/h46,50-51H,5-45H2,1-4H3,(H,56,64)(H,57,65)(H,58,66)(H,67,68)/p-1. The first-order valence-corrected chi connectivity index (χ1v) is 30.5. The van der Waals surface area contributed by atoms with Crippen LogP contribution in [0.2, 0.25) is 0 Å². The lowest BCUT2D eigenvalue weighted by molar-refractivity contribution is -0.201. The van der Waals surface area contributed by atoms with Crippen molar-refractivity contribution >= 4 is 48.5 Å². The normalized spacial score (nSPS) is 15.9. The number of hydrogen-bond donors (Lipinski definition) is 3. The molecule has 17 nitrogen and oxygen atoms in total. The van der Waals surface area contributed by atoms with Gasteiger partial charge in [0.2, 0.25) is 17.7 Å². The van der Waals surface area contributed by atoms with Crippen molar-refractivity contribution in [3.63, 3.8) is 0 Å². The predicted octanol–water partition coefficient (Wildman–Crippen LogP) is 8.29. The molecule has 0 aliphatic heterocycles. The van der Waals surface area contributed by atoms with Gasteiger partial charge in [-0.25, -0.2) is 0 Å². The summed E-state index contributed by atoms with van der Waals surface area (Å²) >= 11 is 0. The summed E-state index contributed by atoms with van der Waals surface area (Å²) in [5.74, 6) is -0.307. The van der Waals surface area contributed by atoms with E-state index in [4.69, 9.17) is 18.7 Å². The van der Waals surface area contributed by atoms with Crippen LogP contribution in [-0.2, 0) is 56.9 Å². The number of nitrogens with one attached hydrogen (secondary N) is 3. The number of Topliss-reactive ketones (excluding diaryl/α,β-unsaturated/α-hetero) is 4. The van der Waals surface area contributed by atoms with Crippen LogP contribution in [0.25, 0.3) is 0 Å². The van der Waals surface area contributed by atoms with Gasteiger partial charge in [0.25, 0.3) is 0 Å². The summed E-state index contributed by atoms with van der Waals surface area (Å²) in [4.78, 5) is 105. The number of ether oxygens (including phenoxy) is 3. The maximum Gasteiger partial charge on any atom is 0.237 e. The van der Waals surface area contributed by atoms with Crippen LogP contribution >= 0.6 is 7.60 Å². The van der Waals surface area contributed by atoms with Crippen molar-refractivity contribution in [2.75, 3.05) is 79.0 Å². The third-order valence-electron chi connectivity index (χ3n) is 12.9. The molecular formula is C55H100N4O13P-. The summed E-state index contributed by atoms with van der Waals surface area (Å²) in [6.45, 7) is 11.8. The first-order valence-electron chi connectivity index (χ1n) is 28.5. The van der Waals surface area contributed by atoms with Gasteiger partial charge in [-0.1, -0.05) is 52.9 Å². The van der Waals surface area contributed by atoms with Crippen molar-refractivity contribution in [3.8, 4) is 0 Å². The van der Waals surface area contributed by atoms with Gasteiger partial charge in [0.05, 0.1) is 25.2 Å². The third-order valence-corrected chi connectivity index (χ3v) is 13.6. The summed E-state index contributed by atoms with van der Waals surface area (Å²) in [6.07, 6.45) is 18.7. The van der Waals surface area contributed by atoms with E-state index in [1.807, 2.05) is 20.8 Å². The van der Waals surface area contributed by atoms with Gasteiger partial charge in [-0.05, 0) is 116 Å². The van der Waals surface area contributed by atoms with Crippen LogP contribution in [0, 0.1) is 5.92 Å². The Morgan fingerprint density at radius 3 is 1.30 bits per heavy atom. The van der Waals surface area contributed by atoms with Gasteiger partial charge < -0.3 is 44.1 Å². The molecule has 0 bridgehead atoms. The van der Waals surface area contributed by atoms with E-state index in [9.17, 15) is 43.0 Å². The molecule has 0 aromatic carbocycles. The fourth-order valence-corrected chi connectivity index (χ4v) is 9.65. The number of nitrogens with zero attached hydrogens (tertiary/aromatic N) is 1. The minimum Gasteiger partial charge on any atom is -0.779 e. The molecule has 424 valence electrons. The van der Waals surface area contributed by atoms with Crippen LogP contribution in [0.1, 0.15) is 213 Å². The highest BCUT2D eigenvalue weighted by Gasteiger charge is 2.30. The average Bonchev–Trinajstić information content (AvgIpc) is 3.35. The van der Waals surface area contributed by atoms with Crippen LogP contribution in [0.15, 0.2) is 0 Å². The van der Waals surface area contributed by atoms with Crippen molar-refractivity contribution in [3.05, 3.63) is 0 Å². The number of carbonyl (C=O) groups excluding carboxylic acids is 7. The first kappa shape index (κ1) is 68.1. The third kappa shape index (κ3) is 40.1. The Bertz CT molecular complexity index is 1500. The van der Waals surface area contributed by atoms with Crippen LogP contribution in [-0.4, -0.2) is 137 Å². The van der Waals surface area contributed by atoms with E-state index in [1.54, 1.807) is 4.90 Å². The summed E-state index contributed by atoms with van der Waals surface area (Å²) in [7, 11) is -3.85. The van der Waals surface area contributed by atoms with Crippen molar-refractivity contribution in [1.29, 1.82) is 0 Å². The van der Waals surface area contributed by atoms with E-state index in [0.29, 0.717) is 201 Å². The van der Waals surface area contributed by atoms with Gasteiger partial charge in [-0.3, -0.25) is 38.5 Å². The predicted molar refractivity (Wildman–Crippen MR) is 284 cm³/mol. The van der Waals surface area contributed by atoms with Crippen LogP contribution < -0.4 is 20.8 Å². The second kappa shape index (κ2) is 45.3. The van der Waals surface area contributed by atoms with E-state index >= 15 is 0 Å². The molecule has 0 radical (unpaired) electrons. The van der Waals surface area contributed by atoms with Gasteiger partial charge in [0.1, 0.15) is 30.7 Å². The molecule has 1 rings (SSSR count). The van der Waals surface area contributed by atoms with E-state index in [-0.39, 0.29) is 66.0 Å². The van der Waals surface area contributed by atoms with Gasteiger partial charge >= 0.3 is 0 Å². The molecule has 1 aliphatic rings. The molecule has 0 aromatic rings. The summed E-state index contributed by atoms with van der Waals surface area (Å²) in [5, 5.41) is 8.97. The maximum absolute atomic E-state index is 14.1. The van der Waals surface area contributed by atoms with Crippen LogP contribution in [0.3, 0.4) is 0 Å². The average molecular weight is 1060 g/mol. The monoisotopic (exact) mass is 1060 g/mol. The Hall–Kier alpha value is -2.92. The van der Waals surface area contributed by atoms with E-state index < -0.39 is 13.6 Å². The molecule has 0 saturated heterocycles. The van der Waals surface area contributed by atoms with Crippen molar-refractivity contribution in [2.45, 2.75) is 226 Å². The highest BCUT2D eigenvalue weighted by atomic mass is 31.2. The quantitative estimate of drug-likeness (QED) is 0.0384. The molecule has 2 atom stereocenters. The van der Waals surface area contributed by atoms with Gasteiger partial charge in [0, 0.05) is 117 Å². The second-order valence-electron chi connectivity index (χ2n) is 20.0. The van der Waals surface area contributed by atoms with E-state index in [0.717, 1.165) is 58.0 Å². The summed E-state index contributed by atoms with van der Waals surface area (Å²) in [5.41, 5.74) is 0. The SMILES string of the molecule is CCCOCCCC(=O)CCCCCNC(=O)CN(CC(=O)NCCCCCC(=O)CCCOCCC)C(CCCCCC(=O)C1CCC(OP(C)(=O)[O-])CC1)C(=O)NCCCCCC(=O)CCCOCCC. The highest BCUT2D eigenvalue weighted by molar-refractivity contribution is 7.50. The Morgan fingerprint density at radius 1 is 0.507 bits per heavy atom. The number of hydrogen-bond acceptors (Lipinski definition) is 14. The maximum atomic E-state index is 14.1. The molecule has 1 aliphatic carbocycles. The highest BCUT2D eigenvalue weighted by Crippen LogP contribution is 2.39. The number of ketones is 4. The molecular weight excluding hydrogens is 956 g/mol. The summed E-state index contributed by atoms with van der Waals surface area (Å²) < 4.78 is 33.2. The zero-order valence-electron chi connectivity index (χ0n) is 45.9. The molecule has 0 aromatic heterocycles. The topological polar surface area (TPSA) is 236 Å². The Morgan fingerprint density at radius 2 is 0.890 bits per heavy atom. The minimum atomic E-state index is -3.85. The molecule has 0 spiro atoms. The lowest BCUT2D eigenvalue weighted by Crippen LogP contribution is -2.53. The number of rotatable bonds is 51. The zero-order chi connectivity index (χ0) is 53.8. The molecule has 3 amide bonds. The molecule has 1 fully saturated rings. The molecule has 1 saturated carbocycles. The minimum absolute atomic E-state index is 0.136. The van der Waals surface area contributed by atoms with Crippen molar-refractivity contribution in [2.24, 2.45) is 5.92 Å². The van der Waals surface area contributed by atoms with Gasteiger partial charge in [-0.2, -0.15) is 0 Å². The summed E-state index contributed by atoms with van der Waals surface area (Å²) in [6, 6.07) is -0.814. The fraction of sp³-hybridized carbons (Fsp3) is 0.873. The Labute approximate surface area is 440 Å². The molecule has 0 heterocycles. The van der Waals surface area contributed by atoms with Gasteiger partial charge in [-0.15, -0.1) is 0 Å². The van der Waals surface area contributed by atoms with E-state index in [2.05, 4.69) is 16.0 Å². The van der Waals surface area contributed by atoms with Crippen molar-refractivity contribution in [1.82, 2.24) is 20.9 Å². The smallest absolute Gasteiger partial charge is 0.237 e. The molecule has 3 N–H and O–H groups in total. The first-order chi connectivity index (χ1) is 35.2. The largest absolute Gasteiger partial charge is 0.779 e. The fourth-order valence-electron chi connectivity index (χ4n) is 8.90. The Balaban J connectivity index is 2.95. The lowest BCUT2D eigenvalue weighted by Gasteiger charge is -2.31. The zero-order valence-corrected chi connectivity index (χ0v) is 46.8. The van der Waals surface area contributed by atoms with E-state index in [1.165, 1.54) is 0 Å². The van der Waals surface area contributed by atoms with Gasteiger partial charge in [0.15, 0.2) is 0 Å². The number of amides is 3.